The zero-order valence-electron chi connectivity index (χ0n) is 16.3. The lowest BCUT2D eigenvalue weighted by molar-refractivity contribution is -0.121. The SMILES string of the molecule is COc1cc(S(=O)(=O)N2CCOCC2)ccc1NC(=O)CCC(=O)Nc1nccs1. The maximum atomic E-state index is 12.8. The number of carbonyl (C=O) groups is 2. The molecule has 2 N–H and O–H groups in total. The zero-order chi connectivity index (χ0) is 21.6. The third kappa shape index (κ3) is 5.53. The Kier molecular flexibility index (Phi) is 7.37. The normalized spacial score (nSPS) is 14.8. The number of benzene rings is 1. The van der Waals surface area contributed by atoms with Crippen LogP contribution in [0.2, 0.25) is 0 Å². The van der Waals surface area contributed by atoms with Gasteiger partial charge >= 0.3 is 0 Å². The van der Waals surface area contributed by atoms with Gasteiger partial charge in [-0.2, -0.15) is 4.31 Å². The molecule has 0 unspecified atom stereocenters. The van der Waals surface area contributed by atoms with Gasteiger partial charge in [-0.05, 0) is 12.1 Å². The first-order valence-electron chi connectivity index (χ1n) is 9.15. The molecule has 1 fully saturated rings. The number of ether oxygens (including phenoxy) is 2. The number of hydrogen-bond acceptors (Lipinski definition) is 8. The van der Waals surface area contributed by atoms with Crippen molar-refractivity contribution in [2.75, 3.05) is 44.0 Å². The number of amides is 2. The maximum absolute atomic E-state index is 12.8. The van der Waals surface area contributed by atoms with Crippen molar-refractivity contribution in [3.63, 3.8) is 0 Å². The van der Waals surface area contributed by atoms with Gasteiger partial charge in [0.15, 0.2) is 5.13 Å². The number of rotatable bonds is 8. The van der Waals surface area contributed by atoms with E-state index < -0.39 is 15.9 Å². The summed E-state index contributed by atoms with van der Waals surface area (Å²) in [5.74, 6) is -0.504. The molecule has 2 amide bonds. The number of aromatic nitrogens is 1. The minimum absolute atomic E-state index is 0.0166. The third-order valence-electron chi connectivity index (χ3n) is 4.31. The molecule has 12 heteroatoms. The van der Waals surface area contributed by atoms with Gasteiger partial charge < -0.3 is 20.1 Å². The van der Waals surface area contributed by atoms with Gasteiger partial charge in [-0.3, -0.25) is 9.59 Å². The average Bonchev–Trinajstić information content (AvgIpc) is 3.26. The first-order chi connectivity index (χ1) is 14.4. The second-order valence-electron chi connectivity index (χ2n) is 6.31. The Morgan fingerprint density at radius 2 is 1.90 bits per heavy atom. The number of thiazole rings is 1. The van der Waals surface area contributed by atoms with E-state index in [4.69, 9.17) is 9.47 Å². The molecule has 2 heterocycles. The summed E-state index contributed by atoms with van der Waals surface area (Å²) in [6.07, 6.45) is 1.51. The highest BCUT2D eigenvalue weighted by molar-refractivity contribution is 7.89. The fourth-order valence-electron chi connectivity index (χ4n) is 2.78. The first kappa shape index (κ1) is 22.2. The molecule has 0 spiro atoms. The molecular formula is C18H22N4O6S2. The van der Waals surface area contributed by atoms with Crippen LogP contribution in [0.5, 0.6) is 5.75 Å². The van der Waals surface area contributed by atoms with Gasteiger partial charge in [-0.25, -0.2) is 13.4 Å². The van der Waals surface area contributed by atoms with Gasteiger partial charge in [0.05, 0.1) is 30.9 Å². The second kappa shape index (κ2) is 9.98. The van der Waals surface area contributed by atoms with Crippen LogP contribution in [-0.4, -0.2) is 62.9 Å². The molecule has 0 radical (unpaired) electrons. The molecule has 1 aromatic heterocycles. The van der Waals surface area contributed by atoms with Crippen LogP contribution < -0.4 is 15.4 Å². The molecule has 0 bridgehead atoms. The summed E-state index contributed by atoms with van der Waals surface area (Å²) >= 11 is 1.29. The Labute approximate surface area is 178 Å². The van der Waals surface area contributed by atoms with Gasteiger partial charge in [-0.15, -0.1) is 11.3 Å². The molecule has 2 aromatic rings. The van der Waals surface area contributed by atoms with Crippen LogP contribution in [-0.2, 0) is 24.3 Å². The standard InChI is InChI=1S/C18H22N4O6S2/c1-27-15-12-13(30(25,26)22-7-9-28-10-8-22)2-3-14(15)20-16(23)4-5-17(24)21-18-19-6-11-29-18/h2-3,6,11-12H,4-5,7-10H2,1H3,(H,20,23)(H,19,21,24). The Balaban J connectivity index is 1.61. The molecule has 30 heavy (non-hydrogen) atoms. The number of carbonyl (C=O) groups excluding carboxylic acids is 2. The average molecular weight is 455 g/mol. The maximum Gasteiger partial charge on any atom is 0.243 e. The molecule has 0 aliphatic carbocycles. The van der Waals surface area contributed by atoms with Crippen molar-refractivity contribution < 1.29 is 27.5 Å². The van der Waals surface area contributed by atoms with Crippen LogP contribution in [0.15, 0.2) is 34.7 Å². The van der Waals surface area contributed by atoms with E-state index in [1.165, 1.54) is 41.0 Å². The highest BCUT2D eigenvalue weighted by atomic mass is 32.2. The van der Waals surface area contributed by atoms with Crippen molar-refractivity contribution in [1.29, 1.82) is 0 Å². The predicted octanol–water partition coefficient (Wildman–Crippen LogP) is 1.53. The number of anilines is 2. The third-order valence-corrected chi connectivity index (χ3v) is 6.90. The summed E-state index contributed by atoms with van der Waals surface area (Å²) in [6.45, 7) is 1.26. The monoisotopic (exact) mass is 454 g/mol. The molecule has 0 atom stereocenters. The lowest BCUT2D eigenvalue weighted by Gasteiger charge is -2.26. The molecule has 10 nitrogen and oxygen atoms in total. The Morgan fingerprint density at radius 1 is 1.20 bits per heavy atom. The van der Waals surface area contributed by atoms with Crippen LogP contribution in [0.3, 0.4) is 0 Å². The van der Waals surface area contributed by atoms with Crippen molar-refractivity contribution in [3.05, 3.63) is 29.8 Å². The largest absolute Gasteiger partial charge is 0.495 e. The Hall–Kier alpha value is -2.54. The summed E-state index contributed by atoms with van der Waals surface area (Å²) in [6, 6.07) is 4.26. The number of morpholine rings is 1. The molecule has 1 aliphatic rings. The summed E-state index contributed by atoms with van der Waals surface area (Å²) in [5, 5.41) is 7.46. The van der Waals surface area contributed by atoms with Gasteiger partial charge in [0.2, 0.25) is 21.8 Å². The van der Waals surface area contributed by atoms with E-state index in [0.29, 0.717) is 24.0 Å². The first-order valence-corrected chi connectivity index (χ1v) is 11.5. The van der Waals surface area contributed by atoms with E-state index in [1.54, 1.807) is 11.6 Å². The predicted molar refractivity (Wildman–Crippen MR) is 111 cm³/mol. The summed E-state index contributed by atoms with van der Waals surface area (Å²) in [4.78, 5) is 28.1. The van der Waals surface area contributed by atoms with Crippen LogP contribution in [0.25, 0.3) is 0 Å². The Morgan fingerprint density at radius 3 is 2.53 bits per heavy atom. The smallest absolute Gasteiger partial charge is 0.243 e. The molecule has 1 aromatic carbocycles. The Bertz CT molecular complexity index is 988. The van der Waals surface area contributed by atoms with E-state index in [0.717, 1.165) is 0 Å². The van der Waals surface area contributed by atoms with E-state index in [-0.39, 0.29) is 42.5 Å². The molecule has 0 saturated carbocycles. The van der Waals surface area contributed by atoms with Crippen LogP contribution in [0, 0.1) is 0 Å². The van der Waals surface area contributed by atoms with Crippen molar-refractivity contribution in [1.82, 2.24) is 9.29 Å². The fraction of sp³-hybridized carbons (Fsp3) is 0.389. The van der Waals surface area contributed by atoms with Crippen molar-refractivity contribution in [2.45, 2.75) is 17.7 Å². The quantitative estimate of drug-likeness (QED) is 0.619. The topological polar surface area (TPSA) is 127 Å². The highest BCUT2D eigenvalue weighted by Gasteiger charge is 2.27. The van der Waals surface area contributed by atoms with Gasteiger partial charge in [0, 0.05) is 43.6 Å². The highest BCUT2D eigenvalue weighted by Crippen LogP contribution is 2.29. The van der Waals surface area contributed by atoms with Crippen molar-refractivity contribution in [3.8, 4) is 5.75 Å². The number of sulfonamides is 1. The van der Waals surface area contributed by atoms with Crippen molar-refractivity contribution in [2.24, 2.45) is 0 Å². The van der Waals surface area contributed by atoms with E-state index in [2.05, 4.69) is 15.6 Å². The minimum atomic E-state index is -3.68. The lowest BCUT2D eigenvalue weighted by atomic mass is 10.2. The molecule has 1 aliphatic heterocycles. The minimum Gasteiger partial charge on any atom is -0.495 e. The number of methoxy groups -OCH3 is 1. The van der Waals surface area contributed by atoms with Crippen LogP contribution in [0.1, 0.15) is 12.8 Å². The number of nitrogens with one attached hydrogen (secondary N) is 2. The second-order valence-corrected chi connectivity index (χ2v) is 9.14. The fourth-order valence-corrected chi connectivity index (χ4v) is 4.75. The zero-order valence-corrected chi connectivity index (χ0v) is 17.9. The molecule has 3 rings (SSSR count). The van der Waals surface area contributed by atoms with E-state index in [1.807, 2.05) is 0 Å². The molecular weight excluding hydrogens is 432 g/mol. The van der Waals surface area contributed by atoms with Crippen LogP contribution in [0.4, 0.5) is 10.8 Å². The summed E-state index contributed by atoms with van der Waals surface area (Å²) in [7, 11) is -2.30. The van der Waals surface area contributed by atoms with Crippen molar-refractivity contribution >= 4 is 44.0 Å². The van der Waals surface area contributed by atoms with Gasteiger partial charge in [-0.1, -0.05) is 0 Å². The van der Waals surface area contributed by atoms with E-state index >= 15 is 0 Å². The number of nitrogens with zero attached hydrogens (tertiary/aromatic N) is 2. The molecule has 162 valence electrons. The molecule has 1 saturated heterocycles. The van der Waals surface area contributed by atoms with Crippen LogP contribution >= 0.6 is 11.3 Å². The number of hydrogen-bond donors (Lipinski definition) is 2. The van der Waals surface area contributed by atoms with Gasteiger partial charge in [0.1, 0.15) is 5.75 Å². The van der Waals surface area contributed by atoms with Gasteiger partial charge in [0.25, 0.3) is 0 Å². The summed E-state index contributed by atoms with van der Waals surface area (Å²) in [5.41, 5.74) is 0.323. The van der Waals surface area contributed by atoms with E-state index in [9.17, 15) is 18.0 Å². The summed E-state index contributed by atoms with van der Waals surface area (Å²) < 4.78 is 37.4. The lowest BCUT2D eigenvalue weighted by Crippen LogP contribution is -2.40.